The van der Waals surface area contributed by atoms with Crippen LogP contribution in [0.4, 0.5) is 0 Å². The second-order valence-corrected chi connectivity index (χ2v) is 7.54. The standard InChI is InChI=1S/C18H22N2O3S/c21-6-5-14-9-20-8-12(7-13(20)10-23-14)19-18(22)16-11-24-17-4-2-1-3-15(16)17/h1-4,11-14,21H,5-10H2,(H,19,22)/t12-,13+,14+/m1/s1. The summed E-state index contributed by atoms with van der Waals surface area (Å²) in [6, 6.07) is 8.57. The van der Waals surface area contributed by atoms with Gasteiger partial charge < -0.3 is 15.2 Å². The molecule has 4 rings (SSSR count). The number of benzene rings is 1. The normalized spacial score (nSPS) is 27.3. The minimum atomic E-state index is 0.0186. The molecular weight excluding hydrogens is 324 g/mol. The fourth-order valence-electron chi connectivity index (χ4n) is 3.78. The summed E-state index contributed by atoms with van der Waals surface area (Å²) in [4.78, 5) is 15.1. The van der Waals surface area contributed by atoms with E-state index >= 15 is 0 Å². The maximum Gasteiger partial charge on any atom is 0.253 e. The number of rotatable bonds is 4. The highest BCUT2D eigenvalue weighted by molar-refractivity contribution is 7.17. The number of nitrogens with one attached hydrogen (secondary N) is 1. The molecule has 0 saturated carbocycles. The quantitative estimate of drug-likeness (QED) is 0.887. The molecular formula is C18H22N2O3S. The average Bonchev–Trinajstić information content (AvgIpc) is 3.18. The summed E-state index contributed by atoms with van der Waals surface area (Å²) in [6.07, 6.45) is 1.72. The number of carbonyl (C=O) groups excluding carboxylic acids is 1. The minimum absolute atomic E-state index is 0.0186. The number of aliphatic hydroxyl groups excluding tert-OH is 1. The van der Waals surface area contributed by atoms with Crippen molar-refractivity contribution in [2.75, 3.05) is 26.3 Å². The van der Waals surface area contributed by atoms with Gasteiger partial charge in [-0.1, -0.05) is 18.2 Å². The van der Waals surface area contributed by atoms with E-state index in [0.29, 0.717) is 19.1 Å². The lowest BCUT2D eigenvalue weighted by Gasteiger charge is -2.34. The van der Waals surface area contributed by atoms with E-state index in [0.717, 1.165) is 35.2 Å². The number of hydrogen-bond donors (Lipinski definition) is 2. The molecule has 0 bridgehead atoms. The largest absolute Gasteiger partial charge is 0.396 e. The molecule has 3 atom stereocenters. The van der Waals surface area contributed by atoms with Gasteiger partial charge in [-0.2, -0.15) is 0 Å². The molecule has 128 valence electrons. The van der Waals surface area contributed by atoms with Gasteiger partial charge in [0.1, 0.15) is 0 Å². The van der Waals surface area contributed by atoms with Gasteiger partial charge in [0.05, 0.1) is 18.3 Å². The molecule has 1 aromatic carbocycles. The van der Waals surface area contributed by atoms with Crippen molar-refractivity contribution < 1.29 is 14.6 Å². The maximum atomic E-state index is 12.7. The van der Waals surface area contributed by atoms with Crippen LogP contribution in [0.5, 0.6) is 0 Å². The third kappa shape index (κ3) is 3.07. The molecule has 0 unspecified atom stereocenters. The van der Waals surface area contributed by atoms with Crippen molar-refractivity contribution in [1.82, 2.24) is 10.2 Å². The number of amides is 1. The minimum Gasteiger partial charge on any atom is -0.396 e. The van der Waals surface area contributed by atoms with Crippen molar-refractivity contribution in [1.29, 1.82) is 0 Å². The van der Waals surface area contributed by atoms with Crippen LogP contribution in [-0.2, 0) is 4.74 Å². The number of hydrogen-bond acceptors (Lipinski definition) is 5. The summed E-state index contributed by atoms with van der Waals surface area (Å²) < 4.78 is 6.95. The number of thiophene rings is 1. The van der Waals surface area contributed by atoms with Crippen LogP contribution in [0.15, 0.2) is 29.6 Å². The van der Waals surface area contributed by atoms with E-state index in [1.165, 1.54) is 0 Å². The van der Waals surface area contributed by atoms with E-state index in [2.05, 4.69) is 10.2 Å². The van der Waals surface area contributed by atoms with Crippen molar-refractivity contribution in [3.05, 3.63) is 35.2 Å². The van der Waals surface area contributed by atoms with E-state index < -0.39 is 0 Å². The lowest BCUT2D eigenvalue weighted by atomic mass is 10.1. The number of ether oxygens (including phenoxy) is 1. The van der Waals surface area contributed by atoms with Gasteiger partial charge in [0.15, 0.2) is 0 Å². The highest BCUT2D eigenvalue weighted by atomic mass is 32.1. The van der Waals surface area contributed by atoms with E-state index in [-0.39, 0.29) is 24.7 Å². The lowest BCUT2D eigenvalue weighted by Crippen LogP contribution is -2.46. The molecule has 2 aliphatic heterocycles. The van der Waals surface area contributed by atoms with E-state index in [1.807, 2.05) is 29.6 Å². The third-order valence-electron chi connectivity index (χ3n) is 5.00. The molecule has 1 aromatic heterocycles. The molecule has 5 nitrogen and oxygen atoms in total. The first-order valence-electron chi connectivity index (χ1n) is 8.48. The van der Waals surface area contributed by atoms with Crippen LogP contribution in [-0.4, -0.2) is 60.4 Å². The van der Waals surface area contributed by atoms with Crippen LogP contribution < -0.4 is 5.32 Å². The van der Waals surface area contributed by atoms with Crippen LogP contribution in [0, 0.1) is 0 Å². The molecule has 3 heterocycles. The van der Waals surface area contributed by atoms with Gasteiger partial charge in [-0.25, -0.2) is 0 Å². The van der Waals surface area contributed by atoms with Gasteiger partial charge in [0, 0.05) is 47.2 Å². The van der Waals surface area contributed by atoms with Gasteiger partial charge in [0.25, 0.3) is 5.91 Å². The average molecular weight is 346 g/mol. The highest BCUT2D eigenvalue weighted by Crippen LogP contribution is 2.27. The first-order chi connectivity index (χ1) is 11.7. The fraction of sp³-hybridized carbons (Fsp3) is 0.500. The molecule has 2 N–H and O–H groups in total. The van der Waals surface area contributed by atoms with Crippen LogP contribution in [0.1, 0.15) is 23.2 Å². The summed E-state index contributed by atoms with van der Waals surface area (Å²) in [7, 11) is 0. The summed E-state index contributed by atoms with van der Waals surface area (Å²) in [6.45, 7) is 2.57. The van der Waals surface area contributed by atoms with Gasteiger partial charge in [-0.15, -0.1) is 11.3 Å². The predicted molar refractivity (Wildman–Crippen MR) is 94.5 cm³/mol. The maximum absolute atomic E-state index is 12.7. The van der Waals surface area contributed by atoms with Gasteiger partial charge >= 0.3 is 0 Å². The van der Waals surface area contributed by atoms with Crippen LogP contribution in [0.25, 0.3) is 10.1 Å². The summed E-state index contributed by atoms with van der Waals surface area (Å²) in [5, 5.41) is 15.2. The van der Waals surface area contributed by atoms with E-state index in [1.54, 1.807) is 11.3 Å². The first-order valence-corrected chi connectivity index (χ1v) is 9.36. The molecule has 1 amide bonds. The lowest BCUT2D eigenvalue weighted by molar-refractivity contribution is -0.0566. The topological polar surface area (TPSA) is 61.8 Å². The molecule has 2 fully saturated rings. The zero-order valence-corrected chi connectivity index (χ0v) is 14.3. The summed E-state index contributed by atoms with van der Waals surface area (Å²) in [5.74, 6) is 0.0186. The second kappa shape index (κ2) is 6.80. The molecule has 2 aliphatic rings. The molecule has 0 aliphatic carbocycles. The number of nitrogens with zero attached hydrogens (tertiary/aromatic N) is 1. The van der Waals surface area contributed by atoms with Crippen molar-refractivity contribution in [3.8, 4) is 0 Å². The number of aliphatic hydroxyl groups is 1. The van der Waals surface area contributed by atoms with Crippen LogP contribution in [0.2, 0.25) is 0 Å². The van der Waals surface area contributed by atoms with E-state index in [9.17, 15) is 4.79 Å². The van der Waals surface area contributed by atoms with Crippen molar-refractivity contribution in [3.63, 3.8) is 0 Å². The van der Waals surface area contributed by atoms with Crippen molar-refractivity contribution in [2.45, 2.75) is 31.0 Å². The Kier molecular flexibility index (Phi) is 4.54. The Bertz CT molecular complexity index is 732. The Morgan fingerprint density at radius 1 is 1.38 bits per heavy atom. The molecule has 0 radical (unpaired) electrons. The first kappa shape index (κ1) is 16.0. The highest BCUT2D eigenvalue weighted by Gasteiger charge is 2.37. The number of carbonyl (C=O) groups is 1. The van der Waals surface area contributed by atoms with Gasteiger partial charge in [0.2, 0.25) is 0 Å². The Labute approximate surface area is 145 Å². The van der Waals surface area contributed by atoms with Crippen LogP contribution in [0.3, 0.4) is 0 Å². The Morgan fingerprint density at radius 2 is 2.25 bits per heavy atom. The van der Waals surface area contributed by atoms with E-state index in [4.69, 9.17) is 9.84 Å². The van der Waals surface area contributed by atoms with Gasteiger partial charge in [-0.3, -0.25) is 9.69 Å². The Morgan fingerprint density at radius 3 is 3.12 bits per heavy atom. The SMILES string of the molecule is O=C(N[C@@H]1C[C@H]2CO[C@@H](CCO)CN2C1)c1csc2ccccc12. The fourth-order valence-corrected chi connectivity index (χ4v) is 4.72. The number of fused-ring (bicyclic) bond motifs is 2. The van der Waals surface area contributed by atoms with Crippen LogP contribution >= 0.6 is 11.3 Å². The zero-order valence-electron chi connectivity index (χ0n) is 13.5. The molecule has 6 heteroatoms. The number of morpholine rings is 1. The molecule has 24 heavy (non-hydrogen) atoms. The third-order valence-corrected chi connectivity index (χ3v) is 5.97. The second-order valence-electron chi connectivity index (χ2n) is 6.63. The van der Waals surface area contributed by atoms with Gasteiger partial charge in [-0.05, 0) is 18.9 Å². The summed E-state index contributed by atoms with van der Waals surface area (Å²) in [5.41, 5.74) is 0.773. The Balaban J connectivity index is 1.40. The monoisotopic (exact) mass is 346 g/mol. The zero-order chi connectivity index (χ0) is 16.5. The predicted octanol–water partition coefficient (Wildman–Crippen LogP) is 1.86. The molecule has 2 aromatic rings. The smallest absolute Gasteiger partial charge is 0.253 e. The molecule has 0 spiro atoms. The Hall–Kier alpha value is -1.47. The molecule has 2 saturated heterocycles. The van der Waals surface area contributed by atoms with Crippen molar-refractivity contribution >= 4 is 27.3 Å². The van der Waals surface area contributed by atoms with Crippen molar-refractivity contribution in [2.24, 2.45) is 0 Å². The summed E-state index contributed by atoms with van der Waals surface area (Å²) >= 11 is 1.61.